The Morgan fingerprint density at radius 2 is 1.86 bits per heavy atom. The Morgan fingerprint density at radius 1 is 1.11 bits per heavy atom. The van der Waals surface area contributed by atoms with Crippen molar-refractivity contribution in [1.82, 2.24) is 0 Å². The number of halogens is 3. The van der Waals surface area contributed by atoms with Gasteiger partial charge in [-0.2, -0.15) is 0 Å². The maximum Gasteiger partial charge on any atom is 0.229 e. The van der Waals surface area contributed by atoms with Crippen LogP contribution >= 0.6 is 0 Å². The van der Waals surface area contributed by atoms with Crippen LogP contribution in [0.4, 0.5) is 24.5 Å². The minimum atomic E-state index is -1.67. The summed E-state index contributed by atoms with van der Waals surface area (Å²) >= 11 is 0. The molecule has 3 rings (SSSR count). The van der Waals surface area contributed by atoms with E-state index in [0.717, 1.165) is 17.0 Å². The largest absolute Gasteiger partial charge is 0.497 e. The molecule has 0 aliphatic carbocycles. The lowest BCUT2D eigenvalue weighted by atomic mass is 10.1. The van der Waals surface area contributed by atoms with Crippen molar-refractivity contribution in [3.8, 4) is 11.5 Å². The third kappa shape index (κ3) is 3.60. The van der Waals surface area contributed by atoms with E-state index in [9.17, 15) is 22.8 Å². The van der Waals surface area contributed by atoms with E-state index in [-0.39, 0.29) is 13.0 Å². The van der Waals surface area contributed by atoms with Gasteiger partial charge in [0.25, 0.3) is 0 Å². The number of hydrogen-bond acceptors (Lipinski definition) is 4. The molecule has 1 N–H and O–H groups in total. The summed E-state index contributed by atoms with van der Waals surface area (Å²) in [6.07, 6.45) is -0.192. The van der Waals surface area contributed by atoms with E-state index in [2.05, 4.69) is 5.32 Å². The Hall–Kier alpha value is -3.23. The van der Waals surface area contributed by atoms with Crippen LogP contribution < -0.4 is 19.7 Å². The summed E-state index contributed by atoms with van der Waals surface area (Å²) in [6, 6.07) is 6.49. The average Bonchev–Trinajstić information content (AvgIpc) is 3.08. The third-order valence-electron chi connectivity index (χ3n) is 4.47. The summed E-state index contributed by atoms with van der Waals surface area (Å²) in [5.74, 6) is -5.44. The predicted molar refractivity (Wildman–Crippen MR) is 95.0 cm³/mol. The average molecular weight is 394 g/mol. The molecule has 1 fully saturated rings. The number of benzene rings is 2. The molecule has 1 saturated heterocycles. The van der Waals surface area contributed by atoms with Gasteiger partial charge >= 0.3 is 0 Å². The number of carbonyl (C=O) groups is 2. The molecule has 28 heavy (non-hydrogen) atoms. The smallest absolute Gasteiger partial charge is 0.229 e. The number of ether oxygens (including phenoxy) is 2. The first-order valence-electron chi connectivity index (χ1n) is 8.32. The highest BCUT2D eigenvalue weighted by Crippen LogP contribution is 2.32. The fourth-order valence-corrected chi connectivity index (χ4v) is 2.98. The first kappa shape index (κ1) is 19.5. The molecular formula is C19H17F3N2O4. The normalized spacial score (nSPS) is 16.2. The summed E-state index contributed by atoms with van der Waals surface area (Å²) < 4.78 is 50.9. The van der Waals surface area contributed by atoms with Crippen molar-refractivity contribution in [1.29, 1.82) is 0 Å². The first-order valence-corrected chi connectivity index (χ1v) is 8.32. The highest BCUT2D eigenvalue weighted by Gasteiger charge is 2.37. The first-order chi connectivity index (χ1) is 13.3. The summed E-state index contributed by atoms with van der Waals surface area (Å²) in [5, 5.41) is 2.66. The lowest BCUT2D eigenvalue weighted by Crippen LogP contribution is -2.29. The molecule has 2 aromatic carbocycles. The molecule has 0 aromatic heterocycles. The highest BCUT2D eigenvalue weighted by molar-refractivity contribution is 6.04. The van der Waals surface area contributed by atoms with Gasteiger partial charge in [0.1, 0.15) is 11.5 Å². The van der Waals surface area contributed by atoms with Crippen LogP contribution in [0.1, 0.15) is 6.42 Å². The standard InChI is InChI=1S/C19H17F3N2O4/c1-27-11-3-5-13(15(8-11)28-2)23-19(26)10-7-16(25)24(9-10)14-6-4-12(20)17(21)18(14)22/h3-6,8,10H,7,9H2,1-2H3,(H,23,26). The second-order valence-corrected chi connectivity index (χ2v) is 6.16. The Labute approximate surface area is 158 Å². The molecule has 2 amide bonds. The molecule has 1 aliphatic rings. The summed E-state index contributed by atoms with van der Waals surface area (Å²) in [5.41, 5.74) is -0.0283. The third-order valence-corrected chi connectivity index (χ3v) is 4.47. The van der Waals surface area contributed by atoms with Crippen molar-refractivity contribution in [2.45, 2.75) is 6.42 Å². The van der Waals surface area contributed by atoms with Gasteiger partial charge < -0.3 is 19.7 Å². The van der Waals surface area contributed by atoms with Gasteiger partial charge in [-0.15, -0.1) is 0 Å². The van der Waals surface area contributed by atoms with Gasteiger partial charge in [0.2, 0.25) is 11.8 Å². The number of amides is 2. The van der Waals surface area contributed by atoms with Crippen LogP contribution in [0.15, 0.2) is 30.3 Å². The lowest BCUT2D eigenvalue weighted by Gasteiger charge is -2.18. The molecular weight excluding hydrogens is 377 g/mol. The fourth-order valence-electron chi connectivity index (χ4n) is 2.98. The van der Waals surface area contributed by atoms with Crippen molar-refractivity contribution in [3.05, 3.63) is 47.8 Å². The van der Waals surface area contributed by atoms with Crippen molar-refractivity contribution in [3.63, 3.8) is 0 Å². The summed E-state index contributed by atoms with van der Waals surface area (Å²) in [6.45, 7) is -0.162. The van der Waals surface area contributed by atoms with Gasteiger partial charge in [-0.25, -0.2) is 13.2 Å². The molecule has 0 radical (unpaired) electrons. The molecule has 0 bridgehead atoms. The van der Waals surface area contributed by atoms with Gasteiger partial charge in [-0.05, 0) is 24.3 Å². The Balaban J connectivity index is 1.77. The van der Waals surface area contributed by atoms with E-state index in [1.54, 1.807) is 18.2 Å². The minimum Gasteiger partial charge on any atom is -0.497 e. The van der Waals surface area contributed by atoms with Gasteiger partial charge in [0.05, 0.1) is 31.5 Å². The Bertz CT molecular complexity index is 936. The second-order valence-electron chi connectivity index (χ2n) is 6.16. The zero-order chi connectivity index (χ0) is 20.4. The fraction of sp³-hybridized carbons (Fsp3) is 0.263. The molecule has 1 atom stereocenters. The molecule has 1 heterocycles. The zero-order valence-electron chi connectivity index (χ0n) is 15.1. The van der Waals surface area contributed by atoms with E-state index in [0.29, 0.717) is 17.2 Å². The molecule has 9 heteroatoms. The van der Waals surface area contributed by atoms with Crippen LogP contribution in [-0.2, 0) is 9.59 Å². The number of nitrogens with one attached hydrogen (secondary N) is 1. The van der Waals surface area contributed by atoms with Gasteiger partial charge in [0, 0.05) is 19.0 Å². The van der Waals surface area contributed by atoms with Crippen LogP contribution in [0.5, 0.6) is 11.5 Å². The van der Waals surface area contributed by atoms with E-state index in [1.807, 2.05) is 0 Å². The monoisotopic (exact) mass is 394 g/mol. The van der Waals surface area contributed by atoms with Crippen molar-refractivity contribution >= 4 is 23.2 Å². The van der Waals surface area contributed by atoms with Gasteiger partial charge in [-0.3, -0.25) is 9.59 Å². The molecule has 1 aliphatic heterocycles. The van der Waals surface area contributed by atoms with Crippen LogP contribution in [0.25, 0.3) is 0 Å². The quantitative estimate of drug-likeness (QED) is 0.792. The van der Waals surface area contributed by atoms with Crippen LogP contribution in [0.2, 0.25) is 0 Å². The maximum atomic E-state index is 14.0. The Morgan fingerprint density at radius 3 is 2.54 bits per heavy atom. The van der Waals surface area contributed by atoms with E-state index >= 15 is 0 Å². The molecule has 148 valence electrons. The number of methoxy groups -OCH3 is 2. The Kier molecular flexibility index (Phi) is 5.43. The van der Waals surface area contributed by atoms with E-state index < -0.39 is 40.9 Å². The van der Waals surface area contributed by atoms with Gasteiger partial charge in [-0.1, -0.05) is 0 Å². The van der Waals surface area contributed by atoms with Crippen LogP contribution in [0.3, 0.4) is 0 Å². The number of carbonyl (C=O) groups excluding carboxylic acids is 2. The maximum absolute atomic E-state index is 14.0. The van der Waals surface area contributed by atoms with Crippen molar-refractivity contribution < 1.29 is 32.2 Å². The van der Waals surface area contributed by atoms with E-state index in [4.69, 9.17) is 9.47 Å². The van der Waals surface area contributed by atoms with E-state index in [1.165, 1.54) is 14.2 Å². The number of hydrogen-bond donors (Lipinski definition) is 1. The molecule has 6 nitrogen and oxygen atoms in total. The zero-order valence-corrected chi connectivity index (χ0v) is 15.1. The van der Waals surface area contributed by atoms with Crippen molar-refractivity contribution in [2.75, 3.05) is 31.0 Å². The van der Waals surface area contributed by atoms with Gasteiger partial charge in [0.15, 0.2) is 17.5 Å². The second kappa shape index (κ2) is 7.79. The van der Waals surface area contributed by atoms with Crippen molar-refractivity contribution in [2.24, 2.45) is 5.92 Å². The predicted octanol–water partition coefficient (Wildman–Crippen LogP) is 3.11. The number of anilines is 2. The van der Waals surface area contributed by atoms with Crippen LogP contribution in [-0.4, -0.2) is 32.6 Å². The minimum absolute atomic E-state index is 0.162. The number of nitrogens with zero attached hydrogens (tertiary/aromatic N) is 1. The SMILES string of the molecule is COc1ccc(NC(=O)C2CC(=O)N(c3ccc(F)c(F)c3F)C2)c(OC)c1. The molecule has 1 unspecified atom stereocenters. The molecule has 0 spiro atoms. The van der Waals surface area contributed by atoms with Crippen LogP contribution in [0, 0.1) is 23.4 Å². The number of rotatable bonds is 5. The summed E-state index contributed by atoms with van der Waals surface area (Å²) in [4.78, 5) is 25.7. The topological polar surface area (TPSA) is 67.9 Å². The summed E-state index contributed by atoms with van der Waals surface area (Å²) in [7, 11) is 2.92. The molecule has 0 saturated carbocycles. The highest BCUT2D eigenvalue weighted by atomic mass is 19.2. The lowest BCUT2D eigenvalue weighted by molar-refractivity contribution is -0.122. The molecule has 2 aromatic rings.